The van der Waals surface area contributed by atoms with Crippen molar-refractivity contribution in [3.8, 4) is 5.69 Å². The summed E-state index contributed by atoms with van der Waals surface area (Å²) in [6.45, 7) is 3.99. The Kier molecular flexibility index (Phi) is 5.49. The van der Waals surface area contributed by atoms with Gasteiger partial charge in [0.2, 0.25) is 0 Å². The molecule has 4 rings (SSSR count). The second-order valence-electron chi connectivity index (χ2n) is 7.00. The van der Waals surface area contributed by atoms with E-state index in [-0.39, 0.29) is 4.90 Å². The topological polar surface area (TPSA) is 63.5 Å². The lowest BCUT2D eigenvalue weighted by atomic mass is 10.1. The fourth-order valence-corrected chi connectivity index (χ4v) is 4.55. The summed E-state index contributed by atoms with van der Waals surface area (Å²) in [5, 5.41) is 5.86. The molecule has 0 aliphatic carbocycles. The molecule has 0 aliphatic heterocycles. The van der Waals surface area contributed by atoms with Gasteiger partial charge in [-0.15, -0.1) is 0 Å². The number of halogens is 1. The van der Waals surface area contributed by atoms with E-state index in [0.29, 0.717) is 0 Å². The Hall–Kier alpha value is -2.90. The van der Waals surface area contributed by atoms with Crippen LogP contribution in [0.2, 0.25) is 0 Å². The van der Waals surface area contributed by atoms with Crippen molar-refractivity contribution in [1.82, 2.24) is 9.40 Å². The first-order valence-corrected chi connectivity index (χ1v) is 11.6. The first-order chi connectivity index (χ1) is 14.3. The molecule has 7 heteroatoms. The van der Waals surface area contributed by atoms with E-state index in [1.165, 1.54) is 6.21 Å². The minimum absolute atomic E-state index is 0.179. The molecule has 0 aliphatic rings. The normalized spacial score (nSPS) is 12.0. The van der Waals surface area contributed by atoms with E-state index >= 15 is 0 Å². The number of aromatic nitrogens is 1. The molecular formula is C23H20BrN3O2S. The molecule has 0 spiro atoms. The minimum atomic E-state index is -3.75. The molecule has 0 fully saturated rings. The highest BCUT2D eigenvalue weighted by molar-refractivity contribution is 9.10. The van der Waals surface area contributed by atoms with Crippen LogP contribution in [0.1, 0.15) is 17.0 Å². The second-order valence-corrected chi connectivity index (χ2v) is 9.58. The van der Waals surface area contributed by atoms with Gasteiger partial charge in [-0.05, 0) is 67.1 Å². The number of benzene rings is 3. The predicted molar refractivity (Wildman–Crippen MR) is 125 cm³/mol. The van der Waals surface area contributed by atoms with Crippen molar-refractivity contribution in [2.75, 3.05) is 0 Å². The number of hydrogen-bond donors (Lipinski definition) is 1. The van der Waals surface area contributed by atoms with E-state index in [9.17, 15) is 8.42 Å². The maximum Gasteiger partial charge on any atom is 0.276 e. The highest BCUT2D eigenvalue weighted by Crippen LogP contribution is 2.22. The van der Waals surface area contributed by atoms with Crippen LogP contribution in [-0.4, -0.2) is 19.2 Å². The van der Waals surface area contributed by atoms with Crippen LogP contribution in [0, 0.1) is 13.8 Å². The molecule has 5 nitrogen and oxygen atoms in total. The summed E-state index contributed by atoms with van der Waals surface area (Å²) in [6.07, 6.45) is 1.54. The first kappa shape index (κ1) is 20.4. The number of rotatable bonds is 5. The molecule has 1 heterocycles. The largest absolute Gasteiger partial charge is 0.318 e. The number of aryl methyl sites for hydroxylation is 1. The molecule has 0 saturated heterocycles. The van der Waals surface area contributed by atoms with Crippen molar-refractivity contribution in [2.24, 2.45) is 5.10 Å². The van der Waals surface area contributed by atoms with E-state index in [4.69, 9.17) is 0 Å². The third-order valence-electron chi connectivity index (χ3n) is 4.96. The van der Waals surface area contributed by atoms with E-state index in [2.05, 4.69) is 30.4 Å². The summed E-state index contributed by atoms with van der Waals surface area (Å²) < 4.78 is 28.4. The van der Waals surface area contributed by atoms with E-state index < -0.39 is 10.0 Å². The molecule has 0 unspecified atom stereocenters. The molecular weight excluding hydrogens is 462 g/mol. The molecule has 152 valence electrons. The van der Waals surface area contributed by atoms with Gasteiger partial charge >= 0.3 is 0 Å². The van der Waals surface area contributed by atoms with Gasteiger partial charge in [0.1, 0.15) is 0 Å². The minimum Gasteiger partial charge on any atom is -0.318 e. The van der Waals surface area contributed by atoms with Gasteiger partial charge in [0, 0.05) is 27.1 Å². The van der Waals surface area contributed by atoms with Crippen molar-refractivity contribution in [3.63, 3.8) is 0 Å². The molecule has 0 amide bonds. The summed E-state index contributed by atoms with van der Waals surface area (Å²) in [5.41, 5.74) is 3.89. The third kappa shape index (κ3) is 4.04. The van der Waals surface area contributed by atoms with Gasteiger partial charge in [-0.25, -0.2) is 4.83 Å². The van der Waals surface area contributed by atoms with Gasteiger partial charge in [0.25, 0.3) is 10.0 Å². The van der Waals surface area contributed by atoms with E-state index in [1.807, 2.05) is 68.4 Å². The van der Waals surface area contributed by atoms with Crippen LogP contribution >= 0.6 is 15.9 Å². The third-order valence-corrected chi connectivity index (χ3v) is 6.71. The zero-order valence-corrected chi connectivity index (χ0v) is 18.9. The molecule has 0 saturated carbocycles. The fourth-order valence-electron chi connectivity index (χ4n) is 3.46. The summed E-state index contributed by atoms with van der Waals surface area (Å²) >= 11 is 3.45. The molecule has 30 heavy (non-hydrogen) atoms. The monoisotopic (exact) mass is 481 g/mol. The van der Waals surface area contributed by atoms with Gasteiger partial charge in [0.05, 0.1) is 11.1 Å². The molecule has 4 aromatic rings. The van der Waals surface area contributed by atoms with E-state index in [1.54, 1.807) is 18.2 Å². The maximum absolute atomic E-state index is 12.6. The van der Waals surface area contributed by atoms with Crippen LogP contribution in [0.4, 0.5) is 0 Å². The van der Waals surface area contributed by atoms with Crippen molar-refractivity contribution in [3.05, 3.63) is 94.2 Å². The van der Waals surface area contributed by atoms with Crippen molar-refractivity contribution >= 4 is 42.9 Å². The zero-order chi connectivity index (χ0) is 21.3. The lowest BCUT2D eigenvalue weighted by Crippen LogP contribution is -2.18. The predicted octanol–water partition coefficient (Wildman–Crippen LogP) is 5.32. The lowest BCUT2D eigenvalue weighted by Gasteiger charge is -2.09. The smallest absolute Gasteiger partial charge is 0.276 e. The Morgan fingerprint density at radius 3 is 2.37 bits per heavy atom. The van der Waals surface area contributed by atoms with Gasteiger partial charge in [-0.3, -0.25) is 0 Å². The van der Waals surface area contributed by atoms with Crippen LogP contribution in [-0.2, 0) is 10.0 Å². The van der Waals surface area contributed by atoms with Crippen molar-refractivity contribution < 1.29 is 8.42 Å². The number of hydrazone groups is 1. The SMILES string of the molecule is Cc1cc(/C=N/NS(=O)(=O)c2ccc3ccccc3c2)c(C)n1-c1ccc(Br)cc1. The molecule has 0 atom stereocenters. The van der Waals surface area contributed by atoms with Crippen LogP contribution in [0.25, 0.3) is 16.5 Å². The highest BCUT2D eigenvalue weighted by Gasteiger charge is 2.14. The lowest BCUT2D eigenvalue weighted by molar-refractivity contribution is 0.585. The summed E-state index contributed by atoms with van der Waals surface area (Å²) in [4.78, 5) is 2.50. The van der Waals surface area contributed by atoms with Gasteiger partial charge in [0.15, 0.2) is 0 Å². The quantitative estimate of drug-likeness (QED) is 0.309. The van der Waals surface area contributed by atoms with Gasteiger partial charge in [-0.2, -0.15) is 13.5 Å². The number of nitrogens with zero attached hydrogens (tertiary/aromatic N) is 2. The van der Waals surface area contributed by atoms with Crippen LogP contribution in [0.5, 0.6) is 0 Å². The van der Waals surface area contributed by atoms with Crippen LogP contribution in [0.15, 0.2) is 87.3 Å². The Morgan fingerprint density at radius 2 is 1.63 bits per heavy atom. The average molecular weight is 482 g/mol. The fraction of sp³-hybridized carbons (Fsp3) is 0.0870. The summed E-state index contributed by atoms with van der Waals surface area (Å²) in [5.74, 6) is 0. The van der Waals surface area contributed by atoms with Gasteiger partial charge < -0.3 is 4.57 Å². The first-order valence-electron chi connectivity index (χ1n) is 9.34. The highest BCUT2D eigenvalue weighted by atomic mass is 79.9. The van der Waals surface area contributed by atoms with Gasteiger partial charge in [-0.1, -0.05) is 46.3 Å². The Labute approximate surface area is 184 Å². The standard InChI is InChI=1S/C23H20BrN3O2S/c1-16-13-20(17(2)27(16)22-10-8-21(24)9-11-22)15-25-26-30(28,29)23-12-7-18-5-3-4-6-19(18)14-23/h3-15,26H,1-2H3/b25-15+. The molecule has 1 N–H and O–H groups in total. The number of sulfonamides is 1. The molecule has 3 aromatic carbocycles. The number of hydrogen-bond acceptors (Lipinski definition) is 3. The van der Waals surface area contributed by atoms with E-state index in [0.717, 1.165) is 37.9 Å². The number of nitrogens with one attached hydrogen (secondary N) is 1. The molecule has 0 radical (unpaired) electrons. The maximum atomic E-state index is 12.6. The Bertz CT molecular complexity index is 1360. The summed E-state index contributed by atoms with van der Waals surface area (Å²) in [7, 11) is -3.75. The van der Waals surface area contributed by atoms with Crippen molar-refractivity contribution in [1.29, 1.82) is 0 Å². The number of fused-ring (bicyclic) bond motifs is 1. The second kappa shape index (κ2) is 8.08. The van der Waals surface area contributed by atoms with Crippen molar-refractivity contribution in [2.45, 2.75) is 18.7 Å². The zero-order valence-electron chi connectivity index (χ0n) is 16.5. The Morgan fingerprint density at radius 1 is 0.933 bits per heavy atom. The van der Waals surface area contributed by atoms with Crippen LogP contribution < -0.4 is 4.83 Å². The molecule has 1 aromatic heterocycles. The average Bonchev–Trinajstić information content (AvgIpc) is 3.01. The van der Waals surface area contributed by atoms with Crippen LogP contribution in [0.3, 0.4) is 0 Å². The summed E-state index contributed by atoms with van der Waals surface area (Å²) in [6, 6.07) is 22.6. The Balaban J connectivity index is 1.58. The molecule has 0 bridgehead atoms.